The second kappa shape index (κ2) is 12.2. The quantitative estimate of drug-likeness (QED) is 0.257. The Morgan fingerprint density at radius 1 is 1.08 bits per heavy atom. The number of thioether (sulfide) groups is 1. The lowest BCUT2D eigenvalue weighted by Gasteiger charge is -2.22. The number of hydrogen-bond donors (Lipinski definition) is 2. The van der Waals surface area contributed by atoms with Crippen LogP contribution in [0.25, 0.3) is 11.3 Å². The first-order valence-corrected chi connectivity index (χ1v) is 14.0. The molecule has 10 heteroatoms. The Bertz CT molecular complexity index is 1370. The van der Waals surface area contributed by atoms with E-state index in [1.54, 1.807) is 6.07 Å². The lowest BCUT2D eigenvalue weighted by atomic mass is 10.0. The number of carbonyl (C=O) groups excluding carboxylic acids is 2. The van der Waals surface area contributed by atoms with Crippen LogP contribution < -0.4 is 10.6 Å². The van der Waals surface area contributed by atoms with E-state index in [-0.39, 0.29) is 29.5 Å². The number of aryl methyl sites for hydroxylation is 1. The number of benzene rings is 2. The highest BCUT2D eigenvalue weighted by Gasteiger charge is 2.26. The maximum Gasteiger partial charge on any atom is 0.251 e. The Morgan fingerprint density at radius 2 is 1.86 bits per heavy atom. The molecule has 2 aromatic carbocycles. The molecule has 0 saturated heterocycles. The molecule has 2 N–H and O–H groups in total. The fourth-order valence-electron chi connectivity index (χ4n) is 3.83. The number of rotatable bonds is 10. The van der Waals surface area contributed by atoms with Crippen LogP contribution >= 0.6 is 23.1 Å². The first-order valence-electron chi connectivity index (χ1n) is 12.1. The zero-order valence-corrected chi connectivity index (χ0v) is 22.9. The number of nitrogens with one attached hydrogen (secondary N) is 2. The molecule has 8 nitrogen and oxygen atoms in total. The molecule has 37 heavy (non-hydrogen) atoms. The smallest absolute Gasteiger partial charge is 0.251 e. The van der Waals surface area contributed by atoms with E-state index in [1.807, 2.05) is 86.2 Å². The molecule has 0 bridgehead atoms. The van der Waals surface area contributed by atoms with Gasteiger partial charge in [0.05, 0.1) is 17.5 Å². The third kappa shape index (κ3) is 6.64. The molecule has 2 heterocycles. The standard InChI is InChI=1S/C27H30N6O2S2/c1-5-33-24(23(17(2)3)30-25(35)20-13-9-10-18(4)14-20)31-32-27(33)37-16-22(34)29-26-28-21(15-36-26)19-11-7-6-8-12-19/h6-15,17,23H,5,16H2,1-4H3,(H,30,35)(H,28,29,34)/t23-/m0/s1. The summed E-state index contributed by atoms with van der Waals surface area (Å²) in [5.41, 5.74) is 3.47. The van der Waals surface area contributed by atoms with E-state index in [9.17, 15) is 9.59 Å². The van der Waals surface area contributed by atoms with Crippen molar-refractivity contribution in [2.45, 2.75) is 45.4 Å². The van der Waals surface area contributed by atoms with Crippen LogP contribution in [-0.4, -0.2) is 37.3 Å². The van der Waals surface area contributed by atoms with E-state index in [0.29, 0.717) is 28.2 Å². The molecule has 1 atom stereocenters. The summed E-state index contributed by atoms with van der Waals surface area (Å²) >= 11 is 2.70. The summed E-state index contributed by atoms with van der Waals surface area (Å²) in [6.45, 7) is 8.64. The highest BCUT2D eigenvalue weighted by Crippen LogP contribution is 2.27. The predicted molar refractivity (Wildman–Crippen MR) is 149 cm³/mol. The van der Waals surface area contributed by atoms with E-state index in [0.717, 1.165) is 16.8 Å². The Balaban J connectivity index is 1.41. The normalized spacial score (nSPS) is 11.9. The van der Waals surface area contributed by atoms with Gasteiger partial charge in [0, 0.05) is 23.1 Å². The van der Waals surface area contributed by atoms with Crippen molar-refractivity contribution in [2.24, 2.45) is 5.92 Å². The number of anilines is 1. The van der Waals surface area contributed by atoms with E-state index in [4.69, 9.17) is 0 Å². The molecule has 0 saturated carbocycles. The number of carbonyl (C=O) groups is 2. The molecule has 0 unspecified atom stereocenters. The SMILES string of the molecule is CCn1c(SCC(=O)Nc2nc(-c3ccccc3)cs2)nnc1[C@@H](NC(=O)c1cccc(C)c1)C(C)C. The minimum absolute atomic E-state index is 0.0909. The van der Waals surface area contributed by atoms with Gasteiger partial charge in [-0.05, 0) is 31.9 Å². The number of aromatic nitrogens is 4. The summed E-state index contributed by atoms with van der Waals surface area (Å²) in [5.74, 6) is 0.613. The predicted octanol–water partition coefficient (Wildman–Crippen LogP) is 5.59. The molecule has 192 valence electrons. The van der Waals surface area contributed by atoms with Crippen LogP contribution in [0.15, 0.2) is 65.1 Å². The van der Waals surface area contributed by atoms with Gasteiger partial charge in [0.1, 0.15) is 0 Å². The monoisotopic (exact) mass is 534 g/mol. The lowest BCUT2D eigenvalue weighted by molar-refractivity contribution is -0.113. The lowest BCUT2D eigenvalue weighted by Crippen LogP contribution is -2.33. The topological polar surface area (TPSA) is 102 Å². The molecular weight excluding hydrogens is 504 g/mol. The summed E-state index contributed by atoms with van der Waals surface area (Å²) in [6.07, 6.45) is 0. The van der Waals surface area contributed by atoms with Gasteiger partial charge >= 0.3 is 0 Å². The minimum atomic E-state index is -0.324. The van der Waals surface area contributed by atoms with Gasteiger partial charge in [-0.1, -0.05) is 73.6 Å². The first kappa shape index (κ1) is 26.6. The third-order valence-corrected chi connectivity index (χ3v) is 7.45. The summed E-state index contributed by atoms with van der Waals surface area (Å²) in [7, 11) is 0. The van der Waals surface area contributed by atoms with Gasteiger partial charge < -0.3 is 15.2 Å². The summed E-state index contributed by atoms with van der Waals surface area (Å²) in [6, 6.07) is 17.0. The largest absolute Gasteiger partial charge is 0.342 e. The van der Waals surface area contributed by atoms with Gasteiger partial charge in [0.15, 0.2) is 16.1 Å². The van der Waals surface area contributed by atoms with E-state index in [2.05, 4.69) is 25.8 Å². The molecule has 2 aromatic heterocycles. The van der Waals surface area contributed by atoms with Crippen LogP contribution in [0.3, 0.4) is 0 Å². The Kier molecular flexibility index (Phi) is 8.73. The minimum Gasteiger partial charge on any atom is -0.342 e. The molecule has 0 spiro atoms. The molecule has 0 aliphatic carbocycles. The third-order valence-electron chi connectivity index (χ3n) is 5.73. The van der Waals surface area contributed by atoms with Crippen molar-refractivity contribution in [1.82, 2.24) is 25.1 Å². The molecule has 0 radical (unpaired) electrons. The molecule has 0 fully saturated rings. The highest BCUT2D eigenvalue weighted by atomic mass is 32.2. The van der Waals surface area contributed by atoms with Crippen LogP contribution in [0.1, 0.15) is 48.6 Å². The van der Waals surface area contributed by atoms with Crippen molar-refractivity contribution in [3.63, 3.8) is 0 Å². The fraction of sp³-hybridized carbons (Fsp3) is 0.296. The van der Waals surface area contributed by atoms with Gasteiger partial charge in [0.2, 0.25) is 5.91 Å². The van der Waals surface area contributed by atoms with Crippen molar-refractivity contribution >= 4 is 40.0 Å². The van der Waals surface area contributed by atoms with Crippen LogP contribution in [0.5, 0.6) is 0 Å². The van der Waals surface area contributed by atoms with Crippen molar-refractivity contribution in [1.29, 1.82) is 0 Å². The summed E-state index contributed by atoms with van der Waals surface area (Å²) < 4.78 is 1.95. The van der Waals surface area contributed by atoms with Crippen LogP contribution in [-0.2, 0) is 11.3 Å². The van der Waals surface area contributed by atoms with Gasteiger partial charge in [-0.3, -0.25) is 9.59 Å². The number of nitrogens with zero attached hydrogens (tertiary/aromatic N) is 4. The molecule has 0 aliphatic heterocycles. The molecular formula is C27H30N6O2S2. The Hall–Kier alpha value is -3.50. The van der Waals surface area contributed by atoms with Gasteiger partial charge in [-0.15, -0.1) is 21.5 Å². The molecule has 0 aliphatic rings. The van der Waals surface area contributed by atoms with Crippen LogP contribution in [0.4, 0.5) is 5.13 Å². The number of hydrogen-bond acceptors (Lipinski definition) is 7. The maximum atomic E-state index is 12.9. The van der Waals surface area contributed by atoms with Crippen molar-refractivity contribution in [2.75, 3.05) is 11.1 Å². The first-order chi connectivity index (χ1) is 17.9. The highest BCUT2D eigenvalue weighted by molar-refractivity contribution is 7.99. The number of amides is 2. The number of thiazole rings is 1. The van der Waals surface area contributed by atoms with Crippen molar-refractivity contribution in [3.05, 3.63) is 76.9 Å². The zero-order valence-electron chi connectivity index (χ0n) is 21.3. The summed E-state index contributed by atoms with van der Waals surface area (Å²) in [5, 5.41) is 17.8. The zero-order chi connectivity index (χ0) is 26.4. The van der Waals surface area contributed by atoms with Crippen LogP contribution in [0.2, 0.25) is 0 Å². The van der Waals surface area contributed by atoms with Gasteiger partial charge in [-0.2, -0.15) is 0 Å². The average Bonchev–Trinajstić information content (AvgIpc) is 3.53. The maximum absolute atomic E-state index is 12.9. The van der Waals surface area contributed by atoms with Crippen LogP contribution in [0, 0.1) is 12.8 Å². The fourth-order valence-corrected chi connectivity index (χ4v) is 5.38. The van der Waals surface area contributed by atoms with E-state index >= 15 is 0 Å². The second-order valence-corrected chi connectivity index (χ2v) is 10.7. The van der Waals surface area contributed by atoms with E-state index < -0.39 is 0 Å². The van der Waals surface area contributed by atoms with Gasteiger partial charge in [0.25, 0.3) is 5.91 Å². The summed E-state index contributed by atoms with van der Waals surface area (Å²) in [4.78, 5) is 30.1. The average molecular weight is 535 g/mol. The molecule has 2 amide bonds. The van der Waals surface area contributed by atoms with Gasteiger partial charge in [-0.25, -0.2) is 4.98 Å². The molecule has 4 aromatic rings. The Morgan fingerprint density at radius 3 is 2.57 bits per heavy atom. The molecule has 4 rings (SSSR count). The van der Waals surface area contributed by atoms with Crippen molar-refractivity contribution < 1.29 is 9.59 Å². The second-order valence-electron chi connectivity index (χ2n) is 8.89. The van der Waals surface area contributed by atoms with E-state index in [1.165, 1.54) is 23.1 Å². The Labute approximate surface area is 224 Å². The van der Waals surface area contributed by atoms with Crippen molar-refractivity contribution in [3.8, 4) is 11.3 Å².